The number of piperidine rings is 1. The summed E-state index contributed by atoms with van der Waals surface area (Å²) < 4.78 is 58.5. The molecule has 1 atom stereocenters. The van der Waals surface area contributed by atoms with Gasteiger partial charge in [0.15, 0.2) is 0 Å². The van der Waals surface area contributed by atoms with Crippen molar-refractivity contribution >= 4 is 15.9 Å². The van der Waals surface area contributed by atoms with Gasteiger partial charge in [-0.1, -0.05) is 0 Å². The first-order valence-electron chi connectivity index (χ1n) is 8.21. The van der Waals surface area contributed by atoms with Crippen LogP contribution in [0.2, 0.25) is 0 Å². The van der Waals surface area contributed by atoms with E-state index in [-0.39, 0.29) is 19.0 Å². The van der Waals surface area contributed by atoms with E-state index in [4.69, 9.17) is 4.74 Å². The average molecular weight is 374 g/mol. The third kappa shape index (κ3) is 3.99. The minimum absolute atomic E-state index is 0.0245. The lowest BCUT2D eigenvalue weighted by Gasteiger charge is -2.35. The van der Waals surface area contributed by atoms with Crippen LogP contribution in [0, 0.1) is 17.6 Å². The highest BCUT2D eigenvalue weighted by atomic mass is 32.2. The minimum Gasteiger partial charge on any atom is -0.378 e. The van der Waals surface area contributed by atoms with E-state index in [1.54, 1.807) is 4.90 Å². The zero-order valence-corrected chi connectivity index (χ0v) is 14.5. The molecule has 2 heterocycles. The van der Waals surface area contributed by atoms with Crippen LogP contribution in [0.3, 0.4) is 0 Å². The summed E-state index contributed by atoms with van der Waals surface area (Å²) in [6, 6.07) is 2.22. The molecule has 2 fully saturated rings. The molecule has 0 spiro atoms. The Morgan fingerprint density at radius 2 is 1.72 bits per heavy atom. The molecule has 1 aromatic rings. The zero-order valence-electron chi connectivity index (χ0n) is 13.7. The summed E-state index contributed by atoms with van der Waals surface area (Å²) in [5.74, 6) is -2.43. The fourth-order valence-corrected chi connectivity index (χ4v) is 4.80. The van der Waals surface area contributed by atoms with Crippen LogP contribution in [0.25, 0.3) is 0 Å². The van der Waals surface area contributed by atoms with E-state index in [0.29, 0.717) is 45.2 Å². The monoisotopic (exact) mass is 374 g/mol. The largest absolute Gasteiger partial charge is 0.378 e. The number of hydrogen-bond donors (Lipinski definition) is 0. The van der Waals surface area contributed by atoms with Gasteiger partial charge in [-0.15, -0.1) is 0 Å². The lowest BCUT2D eigenvalue weighted by Crippen LogP contribution is -2.49. The molecule has 3 rings (SSSR count). The highest BCUT2D eigenvalue weighted by Crippen LogP contribution is 2.26. The second-order valence-corrected chi connectivity index (χ2v) is 8.18. The van der Waals surface area contributed by atoms with E-state index in [0.717, 1.165) is 16.4 Å². The molecule has 0 aromatic heterocycles. The molecule has 25 heavy (non-hydrogen) atoms. The molecule has 2 aliphatic heterocycles. The van der Waals surface area contributed by atoms with Crippen molar-refractivity contribution in [2.45, 2.75) is 17.7 Å². The van der Waals surface area contributed by atoms with E-state index in [2.05, 4.69) is 0 Å². The third-order valence-electron chi connectivity index (χ3n) is 4.53. The van der Waals surface area contributed by atoms with Crippen molar-refractivity contribution in [3.05, 3.63) is 29.8 Å². The van der Waals surface area contributed by atoms with Gasteiger partial charge < -0.3 is 9.64 Å². The fourth-order valence-electron chi connectivity index (χ4n) is 3.23. The minimum atomic E-state index is -4.05. The second kappa shape index (κ2) is 7.35. The van der Waals surface area contributed by atoms with Crippen LogP contribution in [-0.2, 0) is 19.6 Å². The van der Waals surface area contributed by atoms with Gasteiger partial charge in [0, 0.05) is 32.2 Å². The number of sulfonamides is 1. The maximum atomic E-state index is 13.4. The molecule has 1 aromatic carbocycles. The van der Waals surface area contributed by atoms with Gasteiger partial charge in [-0.2, -0.15) is 4.31 Å². The van der Waals surface area contributed by atoms with E-state index in [9.17, 15) is 22.0 Å². The molecule has 0 radical (unpaired) electrons. The molecule has 138 valence electrons. The van der Waals surface area contributed by atoms with Crippen molar-refractivity contribution < 1.29 is 26.7 Å². The van der Waals surface area contributed by atoms with Crippen LogP contribution in [0.4, 0.5) is 8.78 Å². The number of ether oxygens (including phenoxy) is 1. The van der Waals surface area contributed by atoms with Crippen LogP contribution in [0.1, 0.15) is 12.8 Å². The quantitative estimate of drug-likeness (QED) is 0.798. The van der Waals surface area contributed by atoms with Gasteiger partial charge in [-0.05, 0) is 25.0 Å². The first-order chi connectivity index (χ1) is 11.9. The predicted octanol–water partition coefficient (Wildman–Crippen LogP) is 1.22. The van der Waals surface area contributed by atoms with Crippen molar-refractivity contribution in [2.24, 2.45) is 5.92 Å². The Hall–Kier alpha value is -1.58. The summed E-state index contributed by atoms with van der Waals surface area (Å²) in [6.07, 6.45) is 1.12. The molecule has 2 saturated heterocycles. The molecular formula is C16H20F2N2O4S. The Morgan fingerprint density at radius 1 is 1.08 bits per heavy atom. The van der Waals surface area contributed by atoms with Crippen molar-refractivity contribution in [1.82, 2.24) is 9.21 Å². The number of nitrogens with zero attached hydrogens (tertiary/aromatic N) is 2. The summed E-state index contributed by atoms with van der Waals surface area (Å²) in [4.78, 5) is 13.9. The zero-order chi connectivity index (χ0) is 18.0. The summed E-state index contributed by atoms with van der Waals surface area (Å²) in [6.45, 7) is 2.20. The van der Waals surface area contributed by atoms with Gasteiger partial charge in [0.1, 0.15) is 11.6 Å². The molecule has 9 heteroatoms. The third-order valence-corrected chi connectivity index (χ3v) is 6.37. The Bertz CT molecular complexity index is 730. The smallest absolute Gasteiger partial charge is 0.243 e. The standard InChI is InChI=1S/C16H20F2N2O4S/c17-13-8-14(18)10-15(9-13)25(22,23)20-3-1-2-12(11-20)16(21)19-4-6-24-7-5-19/h8-10,12H,1-7,11H2/t12-/m1/s1. The molecular weight excluding hydrogens is 354 g/mol. The van der Waals surface area contributed by atoms with Gasteiger partial charge in [-0.3, -0.25) is 4.79 Å². The number of hydrogen-bond acceptors (Lipinski definition) is 4. The highest BCUT2D eigenvalue weighted by Gasteiger charge is 2.35. The first-order valence-corrected chi connectivity index (χ1v) is 9.65. The van der Waals surface area contributed by atoms with Gasteiger partial charge in [0.2, 0.25) is 15.9 Å². The highest BCUT2D eigenvalue weighted by molar-refractivity contribution is 7.89. The Labute approximate surface area is 145 Å². The van der Waals surface area contributed by atoms with Crippen molar-refractivity contribution in [3.8, 4) is 0 Å². The summed E-state index contributed by atoms with van der Waals surface area (Å²) in [5.41, 5.74) is 0. The van der Waals surface area contributed by atoms with Gasteiger partial charge >= 0.3 is 0 Å². The van der Waals surface area contributed by atoms with E-state index in [1.807, 2.05) is 0 Å². The number of benzene rings is 1. The predicted molar refractivity (Wildman–Crippen MR) is 85.2 cm³/mol. The molecule has 0 unspecified atom stereocenters. The molecule has 6 nitrogen and oxygen atoms in total. The summed E-state index contributed by atoms with van der Waals surface area (Å²) in [7, 11) is -4.05. The average Bonchev–Trinajstić information content (AvgIpc) is 2.61. The van der Waals surface area contributed by atoms with Crippen molar-refractivity contribution in [2.75, 3.05) is 39.4 Å². The van der Waals surface area contributed by atoms with Crippen LogP contribution >= 0.6 is 0 Å². The van der Waals surface area contributed by atoms with Crippen LogP contribution in [0.5, 0.6) is 0 Å². The van der Waals surface area contributed by atoms with E-state index >= 15 is 0 Å². The number of rotatable bonds is 3. The Kier molecular flexibility index (Phi) is 5.35. The molecule has 2 aliphatic rings. The Balaban J connectivity index is 1.76. The number of morpholine rings is 1. The number of carbonyl (C=O) groups excluding carboxylic acids is 1. The van der Waals surface area contributed by atoms with Gasteiger partial charge in [-0.25, -0.2) is 17.2 Å². The fraction of sp³-hybridized carbons (Fsp3) is 0.562. The van der Waals surface area contributed by atoms with Crippen molar-refractivity contribution in [3.63, 3.8) is 0 Å². The molecule has 1 amide bonds. The van der Waals surface area contributed by atoms with E-state index < -0.39 is 32.5 Å². The second-order valence-electron chi connectivity index (χ2n) is 6.25. The van der Waals surface area contributed by atoms with Crippen LogP contribution in [0.15, 0.2) is 23.1 Å². The van der Waals surface area contributed by atoms with Crippen LogP contribution in [-0.4, -0.2) is 62.9 Å². The molecule has 0 aliphatic carbocycles. The SMILES string of the molecule is O=C([C@@H]1CCCN(S(=O)(=O)c2cc(F)cc(F)c2)C1)N1CCOCC1. The molecule has 0 N–H and O–H groups in total. The molecule has 0 bridgehead atoms. The van der Waals surface area contributed by atoms with Crippen molar-refractivity contribution in [1.29, 1.82) is 0 Å². The van der Waals surface area contributed by atoms with Crippen LogP contribution < -0.4 is 0 Å². The van der Waals surface area contributed by atoms with Gasteiger partial charge in [0.25, 0.3) is 0 Å². The Morgan fingerprint density at radius 3 is 2.36 bits per heavy atom. The number of amides is 1. The van der Waals surface area contributed by atoms with E-state index in [1.165, 1.54) is 0 Å². The lowest BCUT2D eigenvalue weighted by molar-refractivity contribution is -0.140. The summed E-state index contributed by atoms with van der Waals surface area (Å²) in [5, 5.41) is 0. The normalized spacial score (nSPS) is 22.8. The lowest BCUT2D eigenvalue weighted by atomic mass is 9.98. The summed E-state index contributed by atoms with van der Waals surface area (Å²) >= 11 is 0. The maximum absolute atomic E-state index is 13.4. The maximum Gasteiger partial charge on any atom is 0.243 e. The first kappa shape index (κ1) is 18.2. The molecule has 0 saturated carbocycles. The van der Waals surface area contributed by atoms with Gasteiger partial charge in [0.05, 0.1) is 24.0 Å². The number of halogens is 2. The topological polar surface area (TPSA) is 66.9 Å². The number of carbonyl (C=O) groups is 1.